The van der Waals surface area contributed by atoms with E-state index in [1.807, 2.05) is 0 Å². The average molecular weight is 308 g/mol. The van der Waals surface area contributed by atoms with Gasteiger partial charge in [-0.2, -0.15) is 0 Å². The molecule has 1 spiro atoms. The molecule has 1 N–H and O–H groups in total. The predicted octanol–water partition coefficient (Wildman–Crippen LogP) is 0.127. The zero-order valence-corrected chi connectivity index (χ0v) is 14.9. The maximum absolute atomic E-state index is 10.8. The van der Waals surface area contributed by atoms with Gasteiger partial charge in [-0.1, -0.05) is 19.1 Å². The van der Waals surface area contributed by atoms with Gasteiger partial charge in [0.1, 0.15) is 21.3 Å². The lowest BCUT2D eigenvalue weighted by molar-refractivity contribution is -0.122. The van der Waals surface area contributed by atoms with E-state index < -0.39 is 6.10 Å². The molecule has 2 saturated heterocycles. The second-order valence-electron chi connectivity index (χ2n) is 8.90. The fraction of sp³-hybridized carbons (Fsp3) is 1.00. The van der Waals surface area contributed by atoms with Gasteiger partial charge in [-0.25, -0.2) is 0 Å². The smallest absolute Gasteiger partial charge is 0.103 e. The molecule has 1 unspecified atom stereocenters. The van der Waals surface area contributed by atoms with E-state index in [2.05, 4.69) is 36.5 Å². The Kier molecular flexibility index (Phi) is 4.00. The van der Waals surface area contributed by atoms with Crippen molar-refractivity contribution in [2.45, 2.75) is 74.8 Å². The van der Waals surface area contributed by atoms with Crippen LogP contribution in [0.1, 0.15) is 40.0 Å². The first kappa shape index (κ1) is 16.8. The van der Waals surface area contributed by atoms with Crippen molar-refractivity contribution in [2.75, 3.05) is 13.7 Å². The van der Waals surface area contributed by atoms with Gasteiger partial charge in [0, 0.05) is 7.11 Å². The molecule has 3 fully saturated rings. The van der Waals surface area contributed by atoms with E-state index in [9.17, 15) is 5.11 Å². The van der Waals surface area contributed by atoms with Crippen LogP contribution in [-0.4, -0.2) is 64.0 Å². The Morgan fingerprint density at radius 1 is 1.36 bits per heavy atom. The molecule has 0 aromatic rings. The summed E-state index contributed by atoms with van der Waals surface area (Å²) in [5, 5.41) is 10.6. The summed E-state index contributed by atoms with van der Waals surface area (Å²) in [7, 11) is 5.92. The topological polar surface area (TPSA) is 54.5 Å². The van der Waals surface area contributed by atoms with E-state index in [1.165, 1.54) is 6.42 Å². The van der Waals surface area contributed by atoms with E-state index in [0.717, 1.165) is 19.4 Å². The number of aliphatic hydroxyl groups is 1. The van der Waals surface area contributed by atoms with Gasteiger partial charge < -0.3 is 19.3 Å². The highest BCUT2D eigenvalue weighted by molar-refractivity contribution is 6.40. The highest BCUT2D eigenvalue weighted by Crippen LogP contribution is 2.63. The van der Waals surface area contributed by atoms with Gasteiger partial charge in [0.15, 0.2) is 0 Å². The first-order valence-electron chi connectivity index (χ1n) is 8.69. The van der Waals surface area contributed by atoms with Crippen LogP contribution in [0.5, 0.6) is 0 Å². The highest BCUT2D eigenvalue weighted by Gasteiger charge is 2.73. The summed E-state index contributed by atoms with van der Waals surface area (Å²) in [4.78, 5) is 0. The molecule has 0 aromatic carbocycles. The molecule has 2 aliphatic heterocycles. The number of methoxy groups -OCH3 is 1. The summed E-state index contributed by atoms with van der Waals surface area (Å²) in [5.74, 6) is 0.805. The molecule has 4 nitrogen and oxygen atoms in total. The van der Waals surface area contributed by atoms with E-state index >= 15 is 0 Å². The lowest BCUT2D eigenvalue weighted by Gasteiger charge is -2.49. The number of hydrogen-bond acceptors (Lipinski definition) is 4. The minimum atomic E-state index is -0.482. The molecule has 1 saturated carbocycles. The van der Waals surface area contributed by atoms with Crippen molar-refractivity contribution in [2.24, 2.45) is 11.8 Å². The van der Waals surface area contributed by atoms with E-state index in [4.69, 9.17) is 14.2 Å². The van der Waals surface area contributed by atoms with Gasteiger partial charge in [-0.05, 0) is 32.1 Å². The van der Waals surface area contributed by atoms with Gasteiger partial charge in [-0.3, -0.25) is 0 Å². The van der Waals surface area contributed by atoms with Gasteiger partial charge in [0.05, 0.1) is 36.4 Å². The lowest BCUT2D eigenvalue weighted by atomic mass is 9.42. The van der Waals surface area contributed by atoms with Crippen LogP contribution >= 0.6 is 0 Å². The fourth-order valence-corrected chi connectivity index (χ4v) is 4.78. The second kappa shape index (κ2) is 5.23. The Hall–Kier alpha value is -0.0301. The van der Waals surface area contributed by atoms with Crippen LogP contribution in [0.25, 0.3) is 0 Å². The summed E-state index contributed by atoms with van der Waals surface area (Å²) in [6.45, 7) is 7.44. The van der Waals surface area contributed by atoms with Crippen LogP contribution in [0.2, 0.25) is 5.21 Å². The van der Waals surface area contributed by atoms with Gasteiger partial charge in [-0.15, -0.1) is 0 Å². The largest absolute Gasteiger partial charge is 0.391 e. The molecule has 6 heteroatoms. The average Bonchev–Trinajstić information content (AvgIpc) is 3.30. The molecule has 0 amide bonds. The van der Waals surface area contributed by atoms with Crippen molar-refractivity contribution in [1.82, 2.24) is 0 Å². The van der Waals surface area contributed by atoms with E-state index in [0.29, 0.717) is 5.92 Å². The highest BCUT2D eigenvalue weighted by atomic mass is 16.6. The third kappa shape index (κ3) is 2.56. The van der Waals surface area contributed by atoms with Crippen molar-refractivity contribution in [3.8, 4) is 0 Å². The van der Waals surface area contributed by atoms with Crippen LogP contribution in [-0.2, 0) is 14.2 Å². The predicted molar refractivity (Wildman–Crippen MR) is 90.7 cm³/mol. The van der Waals surface area contributed by atoms with Crippen molar-refractivity contribution in [1.29, 1.82) is 0 Å². The van der Waals surface area contributed by atoms with Crippen molar-refractivity contribution >= 4 is 15.7 Å². The Balaban J connectivity index is 1.80. The molecule has 0 aromatic heterocycles. The van der Waals surface area contributed by atoms with Gasteiger partial charge in [0.2, 0.25) is 0 Å². The summed E-state index contributed by atoms with van der Waals surface area (Å²) < 4.78 is 17.8. The molecular formula is C16H30B2O4. The Labute approximate surface area is 136 Å². The minimum absolute atomic E-state index is 0.116. The van der Waals surface area contributed by atoms with Crippen LogP contribution < -0.4 is 0 Å². The number of ether oxygens (including phenoxy) is 3. The maximum Gasteiger partial charge on any atom is 0.103 e. The Morgan fingerprint density at radius 2 is 2.00 bits per heavy atom. The fourth-order valence-electron chi connectivity index (χ4n) is 4.78. The summed E-state index contributed by atoms with van der Waals surface area (Å²) in [5.41, 5.74) is -0.381. The molecule has 1 aliphatic carbocycles. The Bertz CT molecular complexity index is 438. The number of hydrogen-bond donors (Lipinski definition) is 1. The molecule has 6 atom stereocenters. The lowest BCUT2D eigenvalue weighted by Crippen LogP contribution is -2.60. The zero-order valence-electron chi connectivity index (χ0n) is 14.9. The molecule has 3 rings (SSSR count). The number of aliphatic hydroxyl groups excluding tert-OH is 1. The normalized spacial score (nSPS) is 49.5. The van der Waals surface area contributed by atoms with Crippen molar-refractivity contribution < 1.29 is 19.3 Å². The molecule has 0 radical (unpaired) electrons. The molecule has 3 aliphatic rings. The maximum atomic E-state index is 10.8. The summed E-state index contributed by atoms with van der Waals surface area (Å²) in [6, 6.07) is 0. The first-order valence-corrected chi connectivity index (χ1v) is 8.69. The SMILES string of the molecule is BC1(B)C[C@]2(CO2)[C@@H](C2(C)O[C@@H]2CCC(C)C)[C@H](OC)[C@@H]1O. The third-order valence-electron chi connectivity index (χ3n) is 6.15. The van der Waals surface area contributed by atoms with Crippen LogP contribution in [0.15, 0.2) is 0 Å². The van der Waals surface area contributed by atoms with Gasteiger partial charge >= 0.3 is 0 Å². The first-order chi connectivity index (χ1) is 10.2. The summed E-state index contributed by atoms with van der Waals surface area (Å²) >= 11 is 0. The zero-order chi connectivity index (χ0) is 16.3. The molecular weight excluding hydrogens is 278 g/mol. The molecule has 0 bridgehead atoms. The molecule has 124 valence electrons. The quantitative estimate of drug-likeness (QED) is 0.579. The minimum Gasteiger partial charge on any atom is -0.391 e. The van der Waals surface area contributed by atoms with Crippen molar-refractivity contribution in [3.05, 3.63) is 0 Å². The van der Waals surface area contributed by atoms with Gasteiger partial charge in [0.25, 0.3) is 0 Å². The number of epoxide rings is 2. The van der Waals surface area contributed by atoms with E-state index in [-0.39, 0.29) is 34.5 Å². The number of rotatable bonds is 5. The third-order valence-corrected chi connectivity index (χ3v) is 6.15. The van der Waals surface area contributed by atoms with Crippen LogP contribution in [0.4, 0.5) is 0 Å². The monoisotopic (exact) mass is 308 g/mol. The Morgan fingerprint density at radius 3 is 2.50 bits per heavy atom. The second-order valence-corrected chi connectivity index (χ2v) is 8.90. The summed E-state index contributed by atoms with van der Waals surface area (Å²) in [6.07, 6.45) is 2.70. The van der Waals surface area contributed by atoms with Crippen LogP contribution in [0, 0.1) is 11.8 Å². The van der Waals surface area contributed by atoms with Crippen molar-refractivity contribution in [3.63, 3.8) is 0 Å². The molecule has 2 heterocycles. The standard InChI is InChI=1S/C16H30B2O4/c1-9(2)5-6-10-14(3,22-10)12-11(20-4)13(19)16(17,18)7-15(12)8-21-15/h9-13,19H,5-8,17-18H2,1-4H3/t10-,11+,12-,13+,14?,15+/m1/s1. The van der Waals surface area contributed by atoms with Crippen LogP contribution in [0.3, 0.4) is 0 Å². The molecule has 22 heavy (non-hydrogen) atoms. The van der Waals surface area contributed by atoms with E-state index in [1.54, 1.807) is 7.11 Å².